The molecule has 2 heterocycles. The van der Waals surface area contributed by atoms with Crippen LogP contribution < -0.4 is 10.1 Å². The first-order valence-corrected chi connectivity index (χ1v) is 16.4. The number of aliphatic hydroxyl groups excluding tert-OH is 4. The number of nitrogens with one attached hydrogen (secondary N) is 1. The van der Waals surface area contributed by atoms with Crippen LogP contribution >= 0.6 is 11.8 Å². The molecule has 5 atom stereocenters. The second-order valence-electron chi connectivity index (χ2n) is 12.7. The molecule has 0 bridgehead atoms. The van der Waals surface area contributed by atoms with E-state index in [-0.39, 0.29) is 17.6 Å². The molecule has 0 spiro atoms. The van der Waals surface area contributed by atoms with Crippen LogP contribution in [0, 0.1) is 6.92 Å². The molecule has 45 heavy (non-hydrogen) atoms. The molecule has 2 aromatic rings. The Morgan fingerprint density at radius 1 is 1.00 bits per heavy atom. The van der Waals surface area contributed by atoms with Crippen molar-refractivity contribution in [1.82, 2.24) is 15.1 Å². The fourth-order valence-electron chi connectivity index (χ4n) is 5.74. The molecular weight excluding hydrogens is 598 g/mol. The number of hydrogen-bond acceptors (Lipinski definition) is 10. The third-order valence-electron chi connectivity index (χ3n) is 8.56. The number of thioether (sulfide) groups is 1. The monoisotopic (exact) mass is 645 g/mol. The summed E-state index contributed by atoms with van der Waals surface area (Å²) < 4.78 is 6.08. The van der Waals surface area contributed by atoms with Gasteiger partial charge in [0, 0.05) is 50.7 Å². The van der Waals surface area contributed by atoms with Crippen molar-refractivity contribution in [3.05, 3.63) is 58.7 Å². The van der Waals surface area contributed by atoms with Crippen molar-refractivity contribution in [2.75, 3.05) is 39.8 Å². The van der Waals surface area contributed by atoms with E-state index in [1.54, 1.807) is 19.9 Å². The van der Waals surface area contributed by atoms with Crippen molar-refractivity contribution >= 4 is 23.6 Å². The summed E-state index contributed by atoms with van der Waals surface area (Å²) in [5, 5.41) is 53.0. The molecule has 2 amide bonds. The second-order valence-corrected chi connectivity index (χ2v) is 14.0. The van der Waals surface area contributed by atoms with Gasteiger partial charge in [0.25, 0.3) is 0 Å². The standard InChI is InChI=1S/C33H47N3O8S/c1-20-16-23(38)18-25(44-31-30(42)29(41)28(40)26(19-37)45-31)24(20)17-22-10-8-21(9-11-22)6-5-7-27(39)34-33(2,3)32(43)36-14-12-35(4)13-15-36/h8-11,16,18,26,28-31,37-38,40-42H,5-7,12-15,17,19H2,1-4H3,(H,34,39)/t26-,28-,29+,30-,31-/m1/s1. The highest BCUT2D eigenvalue weighted by molar-refractivity contribution is 8.00. The highest BCUT2D eigenvalue weighted by atomic mass is 32.2. The quantitative estimate of drug-likeness (QED) is 0.209. The van der Waals surface area contributed by atoms with Crippen molar-refractivity contribution in [1.29, 1.82) is 0 Å². The van der Waals surface area contributed by atoms with E-state index < -0.39 is 41.1 Å². The second kappa shape index (κ2) is 15.1. The Hall–Kier alpha value is -2.87. The molecule has 12 heteroatoms. The summed E-state index contributed by atoms with van der Waals surface area (Å²) in [5.74, 6) is 0.125. The number of carbonyl (C=O) groups is 2. The summed E-state index contributed by atoms with van der Waals surface area (Å²) in [6, 6.07) is 11.1. The van der Waals surface area contributed by atoms with E-state index in [0.29, 0.717) is 44.5 Å². The Morgan fingerprint density at radius 3 is 2.29 bits per heavy atom. The first-order valence-electron chi connectivity index (χ1n) is 15.5. The van der Waals surface area contributed by atoms with E-state index in [9.17, 15) is 35.1 Å². The Kier molecular flexibility index (Phi) is 11.8. The minimum atomic E-state index is -1.48. The number of hydrogen-bond donors (Lipinski definition) is 6. The summed E-state index contributed by atoms with van der Waals surface area (Å²) in [6.45, 7) is 7.93. The van der Waals surface area contributed by atoms with Gasteiger partial charge in [-0.1, -0.05) is 24.3 Å². The van der Waals surface area contributed by atoms with Crippen LogP contribution in [0.5, 0.6) is 11.5 Å². The zero-order chi connectivity index (χ0) is 32.9. The summed E-state index contributed by atoms with van der Waals surface area (Å²) in [4.78, 5) is 29.7. The highest BCUT2D eigenvalue weighted by Gasteiger charge is 2.44. The van der Waals surface area contributed by atoms with Crippen LogP contribution in [0.1, 0.15) is 48.9 Å². The molecule has 4 rings (SSSR count). The van der Waals surface area contributed by atoms with Crippen LogP contribution in [0.3, 0.4) is 0 Å². The lowest BCUT2D eigenvalue weighted by molar-refractivity contribution is -0.141. The number of benzene rings is 2. The molecule has 0 aliphatic carbocycles. The van der Waals surface area contributed by atoms with Gasteiger partial charge < -0.3 is 45.4 Å². The Balaban J connectivity index is 1.32. The summed E-state index contributed by atoms with van der Waals surface area (Å²) in [6.07, 6.45) is -2.06. The summed E-state index contributed by atoms with van der Waals surface area (Å²) >= 11 is 1.03. The van der Waals surface area contributed by atoms with E-state index >= 15 is 0 Å². The highest BCUT2D eigenvalue weighted by Crippen LogP contribution is 2.37. The van der Waals surface area contributed by atoms with Crippen LogP contribution in [0.2, 0.25) is 0 Å². The average molecular weight is 646 g/mol. The molecule has 2 aliphatic rings. The average Bonchev–Trinajstić information content (AvgIpc) is 2.99. The number of phenols is 1. The maximum absolute atomic E-state index is 13.0. The molecule has 2 aromatic carbocycles. The van der Waals surface area contributed by atoms with Gasteiger partial charge in [-0.3, -0.25) is 9.59 Å². The predicted molar refractivity (Wildman–Crippen MR) is 172 cm³/mol. The van der Waals surface area contributed by atoms with Crippen LogP contribution in [0.25, 0.3) is 0 Å². The molecule has 2 aliphatic heterocycles. The molecule has 0 unspecified atom stereocenters. The Labute approximate surface area is 269 Å². The number of aromatic hydroxyl groups is 1. The molecule has 0 radical (unpaired) electrons. The van der Waals surface area contributed by atoms with Crippen LogP contribution in [0.4, 0.5) is 0 Å². The SMILES string of the molecule is Cc1cc(O)cc(O[C@@H]2S[C@H](CO)[C@@H](O)[C@H](O)[C@H]2O)c1Cc1ccc(CCCC(=O)NC(C)(C)C(=O)N2CCN(C)CC2)cc1. The number of piperazine rings is 1. The van der Waals surface area contributed by atoms with Gasteiger partial charge in [-0.05, 0) is 63.4 Å². The first kappa shape index (κ1) is 35.0. The van der Waals surface area contributed by atoms with Gasteiger partial charge >= 0.3 is 0 Å². The van der Waals surface area contributed by atoms with Crippen molar-refractivity contribution in [3.63, 3.8) is 0 Å². The fraction of sp³-hybridized carbons (Fsp3) is 0.576. The van der Waals surface area contributed by atoms with Crippen LogP contribution in [-0.4, -0.2) is 122 Å². The van der Waals surface area contributed by atoms with Crippen molar-refractivity contribution in [3.8, 4) is 11.5 Å². The zero-order valence-electron chi connectivity index (χ0n) is 26.5. The third kappa shape index (κ3) is 8.90. The normalized spacial score (nSPS) is 24.4. The van der Waals surface area contributed by atoms with E-state index in [1.807, 2.05) is 43.1 Å². The summed E-state index contributed by atoms with van der Waals surface area (Å²) in [5.41, 5.74) is 1.71. The lowest BCUT2D eigenvalue weighted by Crippen LogP contribution is -2.59. The van der Waals surface area contributed by atoms with Crippen molar-refractivity contribution in [2.45, 2.75) is 81.0 Å². The molecule has 6 N–H and O–H groups in total. The molecule has 0 aromatic heterocycles. The molecular formula is C33H47N3O8S. The Bertz CT molecular complexity index is 1310. The zero-order valence-corrected chi connectivity index (χ0v) is 27.3. The molecule has 11 nitrogen and oxygen atoms in total. The van der Waals surface area contributed by atoms with Gasteiger partial charge in [0.1, 0.15) is 29.2 Å². The number of aliphatic hydroxyl groups is 4. The Morgan fingerprint density at radius 2 is 1.64 bits per heavy atom. The van der Waals surface area contributed by atoms with E-state index in [4.69, 9.17) is 4.74 Å². The van der Waals surface area contributed by atoms with Crippen molar-refractivity contribution < 1.29 is 39.9 Å². The number of ether oxygens (including phenoxy) is 1. The predicted octanol–water partition coefficient (Wildman–Crippen LogP) is 1.18. The van der Waals surface area contributed by atoms with E-state index in [2.05, 4.69) is 10.2 Å². The molecule has 0 saturated carbocycles. The van der Waals surface area contributed by atoms with Gasteiger partial charge in [-0.2, -0.15) is 0 Å². The third-order valence-corrected chi connectivity index (χ3v) is 9.98. The minimum Gasteiger partial charge on any atom is -0.508 e. The first-order chi connectivity index (χ1) is 21.3. The van der Waals surface area contributed by atoms with Gasteiger partial charge in [0.05, 0.1) is 18.0 Å². The number of likely N-dealkylation sites (N-methyl/N-ethyl adjacent to an activating group) is 1. The lowest BCUT2D eigenvalue weighted by atomic mass is 9.97. The van der Waals surface area contributed by atoms with E-state index in [1.165, 1.54) is 6.07 Å². The maximum Gasteiger partial charge on any atom is 0.247 e. The smallest absolute Gasteiger partial charge is 0.247 e. The van der Waals surface area contributed by atoms with Gasteiger partial charge in [0.2, 0.25) is 11.8 Å². The lowest BCUT2D eigenvalue weighted by Gasteiger charge is -2.39. The summed E-state index contributed by atoms with van der Waals surface area (Å²) in [7, 11) is 2.03. The number of amides is 2. The van der Waals surface area contributed by atoms with Gasteiger partial charge in [-0.15, -0.1) is 11.8 Å². The van der Waals surface area contributed by atoms with Crippen LogP contribution in [0.15, 0.2) is 36.4 Å². The number of rotatable bonds is 11. The number of carbonyl (C=O) groups excluding carboxylic acids is 2. The number of aryl methyl sites for hydroxylation is 2. The van der Waals surface area contributed by atoms with Crippen molar-refractivity contribution in [2.24, 2.45) is 0 Å². The van der Waals surface area contributed by atoms with Gasteiger partial charge in [-0.25, -0.2) is 0 Å². The number of nitrogens with zero attached hydrogens (tertiary/aromatic N) is 2. The maximum atomic E-state index is 13.0. The van der Waals surface area contributed by atoms with Gasteiger partial charge in [0.15, 0.2) is 5.44 Å². The number of phenolic OH excluding ortho intramolecular Hbond substituents is 1. The molecule has 2 fully saturated rings. The topological polar surface area (TPSA) is 163 Å². The minimum absolute atomic E-state index is 0.00712. The molecule has 248 valence electrons. The fourth-order valence-corrected chi connectivity index (χ4v) is 6.97. The van der Waals surface area contributed by atoms with Crippen LogP contribution in [-0.2, 0) is 22.4 Å². The largest absolute Gasteiger partial charge is 0.508 e. The van der Waals surface area contributed by atoms with E-state index in [0.717, 1.165) is 47.1 Å². The molecule has 2 saturated heterocycles.